The monoisotopic (exact) mass is 383 g/mol. The molecular weight excluding hydrogens is 358 g/mol. The largest absolute Gasteiger partial charge is 0.310 e. The van der Waals surface area contributed by atoms with Gasteiger partial charge in [-0.2, -0.15) is 0 Å². The number of imidazole rings is 1. The quantitative estimate of drug-likeness (QED) is 0.495. The van der Waals surface area contributed by atoms with Crippen LogP contribution in [0.4, 0.5) is 5.82 Å². The molecule has 0 atom stereocenters. The molecule has 1 N–H and O–H groups in total. The molecule has 0 aliphatic rings. The molecule has 4 nitrogen and oxygen atoms in total. The molecular formula is C25H25N3O. The van der Waals surface area contributed by atoms with Crippen molar-refractivity contribution in [3.63, 3.8) is 0 Å². The average Bonchev–Trinajstić information content (AvgIpc) is 3.08. The predicted octanol–water partition coefficient (Wildman–Crippen LogP) is 5.50. The Morgan fingerprint density at radius 3 is 2.52 bits per heavy atom. The first kappa shape index (κ1) is 18.9. The number of pyridine rings is 1. The molecule has 0 radical (unpaired) electrons. The van der Waals surface area contributed by atoms with Gasteiger partial charge in [-0.3, -0.25) is 9.20 Å². The van der Waals surface area contributed by atoms with Gasteiger partial charge in [0.1, 0.15) is 17.2 Å². The van der Waals surface area contributed by atoms with Crippen LogP contribution in [-0.2, 0) is 11.2 Å². The minimum absolute atomic E-state index is 0.00883. The lowest BCUT2D eigenvalue weighted by atomic mass is 10.0. The number of amides is 1. The molecule has 2 aromatic heterocycles. The second-order valence-corrected chi connectivity index (χ2v) is 7.54. The Labute approximate surface area is 171 Å². The van der Waals surface area contributed by atoms with Crippen LogP contribution < -0.4 is 5.32 Å². The number of aryl methyl sites for hydroxylation is 4. The van der Waals surface area contributed by atoms with Gasteiger partial charge >= 0.3 is 0 Å². The van der Waals surface area contributed by atoms with Crippen molar-refractivity contribution in [2.24, 2.45) is 0 Å². The van der Waals surface area contributed by atoms with E-state index in [4.69, 9.17) is 4.98 Å². The molecule has 0 aliphatic heterocycles. The highest BCUT2D eigenvalue weighted by atomic mass is 16.1. The van der Waals surface area contributed by atoms with Crippen LogP contribution in [0, 0.1) is 20.8 Å². The Morgan fingerprint density at radius 1 is 0.966 bits per heavy atom. The number of nitrogens with zero attached hydrogens (tertiary/aromatic N) is 2. The van der Waals surface area contributed by atoms with Crippen LogP contribution in [0.2, 0.25) is 0 Å². The number of rotatable bonds is 5. The predicted molar refractivity (Wildman–Crippen MR) is 118 cm³/mol. The molecule has 0 saturated heterocycles. The van der Waals surface area contributed by atoms with Crippen molar-refractivity contribution in [2.75, 3.05) is 5.32 Å². The molecule has 4 aromatic rings. The van der Waals surface area contributed by atoms with Crippen molar-refractivity contribution in [2.45, 2.75) is 33.6 Å². The summed E-state index contributed by atoms with van der Waals surface area (Å²) in [5, 5.41) is 3.12. The van der Waals surface area contributed by atoms with E-state index in [0.29, 0.717) is 12.8 Å². The number of carbonyl (C=O) groups is 1. The molecule has 0 aliphatic carbocycles. The van der Waals surface area contributed by atoms with E-state index in [1.54, 1.807) is 0 Å². The number of hydrogen-bond donors (Lipinski definition) is 1. The molecule has 0 fully saturated rings. The van der Waals surface area contributed by atoms with Crippen molar-refractivity contribution in [1.29, 1.82) is 0 Å². The summed E-state index contributed by atoms with van der Waals surface area (Å²) in [5.74, 6) is 0.714. The fourth-order valence-electron chi connectivity index (χ4n) is 3.69. The molecule has 146 valence electrons. The number of fused-ring (bicyclic) bond motifs is 1. The van der Waals surface area contributed by atoms with E-state index >= 15 is 0 Å². The van der Waals surface area contributed by atoms with E-state index in [9.17, 15) is 4.79 Å². The highest BCUT2D eigenvalue weighted by Gasteiger charge is 2.17. The molecule has 4 rings (SSSR count). The molecule has 4 heteroatoms. The Bertz CT molecular complexity index is 1180. The minimum Gasteiger partial charge on any atom is -0.310 e. The van der Waals surface area contributed by atoms with Gasteiger partial charge in [-0.05, 0) is 49.9 Å². The average molecular weight is 383 g/mol. The first-order valence-corrected chi connectivity index (χ1v) is 9.92. The topological polar surface area (TPSA) is 46.4 Å². The lowest BCUT2D eigenvalue weighted by Gasteiger charge is -2.10. The standard InChI is InChI=1S/C25H25N3O/c1-17-11-12-20(19(3)16-17)13-14-22(29)26-25-23(21-9-5-4-6-10-21)27-24-18(2)8-7-15-28(24)25/h4-12,15-16H,13-14H2,1-3H3,(H,26,29). The maximum Gasteiger partial charge on any atom is 0.225 e. The maximum absolute atomic E-state index is 12.8. The Morgan fingerprint density at radius 2 is 1.76 bits per heavy atom. The Hall–Kier alpha value is -3.40. The summed E-state index contributed by atoms with van der Waals surface area (Å²) in [7, 11) is 0. The number of benzene rings is 2. The summed E-state index contributed by atoms with van der Waals surface area (Å²) in [6, 6.07) is 20.4. The number of carbonyl (C=O) groups excluding carboxylic acids is 1. The SMILES string of the molecule is Cc1ccc(CCC(=O)Nc2c(-c3ccccc3)nc3c(C)cccn23)c(C)c1. The van der Waals surface area contributed by atoms with Crippen molar-refractivity contribution in [1.82, 2.24) is 9.38 Å². The third kappa shape index (κ3) is 3.92. The van der Waals surface area contributed by atoms with Gasteiger partial charge in [0.2, 0.25) is 5.91 Å². The highest BCUT2D eigenvalue weighted by molar-refractivity contribution is 5.94. The zero-order valence-corrected chi connectivity index (χ0v) is 17.1. The van der Waals surface area contributed by atoms with Crippen LogP contribution in [-0.4, -0.2) is 15.3 Å². The second kappa shape index (κ2) is 7.92. The van der Waals surface area contributed by atoms with Gasteiger partial charge in [-0.1, -0.05) is 60.2 Å². The molecule has 0 saturated carbocycles. The summed E-state index contributed by atoms with van der Waals surface area (Å²) in [5.41, 5.74) is 7.39. The van der Waals surface area contributed by atoms with E-state index in [1.165, 1.54) is 16.7 Å². The summed E-state index contributed by atoms with van der Waals surface area (Å²) < 4.78 is 1.96. The summed E-state index contributed by atoms with van der Waals surface area (Å²) in [6.45, 7) is 6.21. The lowest BCUT2D eigenvalue weighted by molar-refractivity contribution is -0.116. The normalized spacial score (nSPS) is 11.0. The minimum atomic E-state index is -0.00883. The van der Waals surface area contributed by atoms with E-state index < -0.39 is 0 Å². The zero-order chi connectivity index (χ0) is 20.4. The second-order valence-electron chi connectivity index (χ2n) is 7.54. The third-order valence-corrected chi connectivity index (χ3v) is 5.27. The van der Waals surface area contributed by atoms with Crippen LogP contribution in [0.1, 0.15) is 28.7 Å². The van der Waals surface area contributed by atoms with E-state index in [0.717, 1.165) is 28.3 Å². The molecule has 0 unspecified atom stereocenters. The van der Waals surface area contributed by atoms with Gasteiger partial charge in [0.05, 0.1) is 0 Å². The lowest BCUT2D eigenvalue weighted by Crippen LogP contribution is -2.14. The Balaban J connectivity index is 1.63. The molecule has 2 aromatic carbocycles. The Kier molecular flexibility index (Phi) is 5.17. The first-order valence-electron chi connectivity index (χ1n) is 9.92. The zero-order valence-electron chi connectivity index (χ0n) is 17.1. The van der Waals surface area contributed by atoms with Crippen LogP contribution >= 0.6 is 0 Å². The summed E-state index contributed by atoms with van der Waals surface area (Å²) >= 11 is 0. The van der Waals surface area contributed by atoms with Gasteiger partial charge in [-0.15, -0.1) is 0 Å². The number of hydrogen-bond acceptors (Lipinski definition) is 2. The molecule has 2 heterocycles. The third-order valence-electron chi connectivity index (χ3n) is 5.27. The fourth-order valence-corrected chi connectivity index (χ4v) is 3.69. The van der Waals surface area contributed by atoms with Crippen molar-refractivity contribution >= 4 is 17.4 Å². The number of nitrogens with one attached hydrogen (secondary N) is 1. The molecule has 0 spiro atoms. The first-order chi connectivity index (χ1) is 14.0. The van der Waals surface area contributed by atoms with Gasteiger partial charge in [0, 0.05) is 18.2 Å². The van der Waals surface area contributed by atoms with Crippen molar-refractivity contribution in [3.05, 3.63) is 89.1 Å². The summed E-state index contributed by atoms with van der Waals surface area (Å²) in [6.07, 6.45) is 3.09. The molecule has 0 bridgehead atoms. The van der Waals surface area contributed by atoms with E-state index in [2.05, 4.69) is 37.4 Å². The van der Waals surface area contributed by atoms with Crippen LogP contribution in [0.5, 0.6) is 0 Å². The van der Waals surface area contributed by atoms with E-state index in [1.807, 2.05) is 60.0 Å². The molecule has 29 heavy (non-hydrogen) atoms. The van der Waals surface area contributed by atoms with Crippen LogP contribution in [0.15, 0.2) is 66.9 Å². The number of aromatic nitrogens is 2. The smallest absolute Gasteiger partial charge is 0.225 e. The van der Waals surface area contributed by atoms with Gasteiger partial charge < -0.3 is 5.32 Å². The maximum atomic E-state index is 12.8. The highest BCUT2D eigenvalue weighted by Crippen LogP contribution is 2.30. The van der Waals surface area contributed by atoms with Crippen LogP contribution in [0.3, 0.4) is 0 Å². The van der Waals surface area contributed by atoms with Gasteiger partial charge in [-0.25, -0.2) is 4.98 Å². The van der Waals surface area contributed by atoms with Crippen molar-refractivity contribution < 1.29 is 4.79 Å². The summed E-state index contributed by atoms with van der Waals surface area (Å²) in [4.78, 5) is 17.6. The van der Waals surface area contributed by atoms with E-state index in [-0.39, 0.29) is 5.91 Å². The van der Waals surface area contributed by atoms with Gasteiger partial charge in [0.15, 0.2) is 0 Å². The fraction of sp³-hybridized carbons (Fsp3) is 0.200. The van der Waals surface area contributed by atoms with Crippen molar-refractivity contribution in [3.8, 4) is 11.3 Å². The van der Waals surface area contributed by atoms with Crippen LogP contribution in [0.25, 0.3) is 16.9 Å². The number of anilines is 1. The molecule has 1 amide bonds. The van der Waals surface area contributed by atoms with Gasteiger partial charge in [0.25, 0.3) is 0 Å².